The summed E-state index contributed by atoms with van der Waals surface area (Å²) in [4.78, 5) is 38.7. The molecule has 4 rings (SSSR count). The van der Waals surface area contributed by atoms with E-state index >= 15 is 4.39 Å². The van der Waals surface area contributed by atoms with Gasteiger partial charge in [0.1, 0.15) is 12.4 Å². The molecule has 0 radical (unpaired) electrons. The summed E-state index contributed by atoms with van der Waals surface area (Å²) in [6.07, 6.45) is -2.30. The van der Waals surface area contributed by atoms with Crippen LogP contribution in [0.1, 0.15) is 37.3 Å². The molecule has 1 amide bonds. The van der Waals surface area contributed by atoms with Crippen molar-refractivity contribution in [1.82, 2.24) is 4.90 Å². The minimum atomic E-state index is -1.69. The van der Waals surface area contributed by atoms with E-state index in [0.29, 0.717) is 29.5 Å². The van der Waals surface area contributed by atoms with Gasteiger partial charge in [0.15, 0.2) is 12.2 Å². The number of ether oxygens (including phenoxy) is 3. The van der Waals surface area contributed by atoms with Crippen molar-refractivity contribution in [3.63, 3.8) is 0 Å². The fraction of sp³-hybridized carbons (Fsp3) is 0.344. The SMILES string of the molecule is CCO[C@@H]1O[C@H](C(=O)O)[C@@H](C(=O)N(CC(=O)O)[C@H](C)[C@H](CCc2ccccc2)c2ccc(-c3ccccc3)c(F)c2)O1. The average molecular weight is 580 g/mol. The van der Waals surface area contributed by atoms with Crippen molar-refractivity contribution in [2.75, 3.05) is 13.2 Å². The summed E-state index contributed by atoms with van der Waals surface area (Å²) in [5, 5.41) is 19.4. The highest BCUT2D eigenvalue weighted by Crippen LogP contribution is 2.34. The number of nitrogens with zero attached hydrogens (tertiary/aromatic N) is 1. The van der Waals surface area contributed by atoms with Gasteiger partial charge in [0, 0.05) is 24.1 Å². The summed E-state index contributed by atoms with van der Waals surface area (Å²) in [5.41, 5.74) is 2.71. The molecule has 0 bridgehead atoms. The quantitative estimate of drug-likeness (QED) is 0.299. The molecule has 1 heterocycles. The minimum absolute atomic E-state index is 0.138. The number of carbonyl (C=O) groups excluding carboxylic acids is 1. The highest BCUT2D eigenvalue weighted by atomic mass is 19.1. The summed E-state index contributed by atoms with van der Waals surface area (Å²) < 4.78 is 31.5. The molecule has 1 fully saturated rings. The Morgan fingerprint density at radius 1 is 0.952 bits per heavy atom. The molecule has 42 heavy (non-hydrogen) atoms. The van der Waals surface area contributed by atoms with Gasteiger partial charge in [-0.3, -0.25) is 9.59 Å². The molecule has 0 aromatic heterocycles. The van der Waals surface area contributed by atoms with Crippen molar-refractivity contribution >= 4 is 17.8 Å². The van der Waals surface area contributed by atoms with Crippen LogP contribution in [-0.2, 0) is 35.0 Å². The zero-order valence-electron chi connectivity index (χ0n) is 23.4. The number of aryl methyl sites for hydroxylation is 1. The van der Waals surface area contributed by atoms with Crippen LogP contribution in [0.25, 0.3) is 11.1 Å². The molecule has 3 aromatic carbocycles. The Bertz CT molecular complexity index is 1370. The predicted octanol–water partition coefficient (Wildman–Crippen LogP) is 4.70. The van der Waals surface area contributed by atoms with Crippen LogP contribution in [0.15, 0.2) is 78.9 Å². The number of benzene rings is 3. The van der Waals surface area contributed by atoms with E-state index in [-0.39, 0.29) is 6.61 Å². The van der Waals surface area contributed by atoms with Crippen molar-refractivity contribution < 1.29 is 43.2 Å². The average Bonchev–Trinajstić information content (AvgIpc) is 3.41. The van der Waals surface area contributed by atoms with Gasteiger partial charge in [0.2, 0.25) is 0 Å². The molecule has 2 N–H and O–H groups in total. The molecule has 3 aromatic rings. The van der Waals surface area contributed by atoms with E-state index in [2.05, 4.69) is 0 Å². The smallest absolute Gasteiger partial charge is 0.336 e. The lowest BCUT2D eigenvalue weighted by molar-refractivity contribution is -0.241. The molecule has 10 heteroatoms. The molecule has 9 nitrogen and oxygen atoms in total. The molecule has 222 valence electrons. The zero-order valence-corrected chi connectivity index (χ0v) is 23.4. The fourth-order valence-electron chi connectivity index (χ4n) is 5.22. The van der Waals surface area contributed by atoms with E-state index in [1.54, 1.807) is 38.1 Å². The van der Waals surface area contributed by atoms with Crippen LogP contribution < -0.4 is 0 Å². The number of aliphatic carboxylic acids is 2. The molecular formula is C32H34FNO8. The molecule has 1 aliphatic rings. The van der Waals surface area contributed by atoms with Crippen LogP contribution in [-0.4, -0.2) is 70.8 Å². The van der Waals surface area contributed by atoms with Gasteiger partial charge in [-0.15, -0.1) is 0 Å². The van der Waals surface area contributed by atoms with Gasteiger partial charge in [-0.05, 0) is 49.4 Å². The van der Waals surface area contributed by atoms with E-state index in [4.69, 9.17) is 14.2 Å². The molecule has 0 aliphatic carbocycles. The first kappa shape index (κ1) is 30.8. The van der Waals surface area contributed by atoms with Gasteiger partial charge in [-0.1, -0.05) is 72.8 Å². The van der Waals surface area contributed by atoms with E-state index in [9.17, 15) is 24.6 Å². The number of rotatable bonds is 13. The lowest BCUT2D eigenvalue weighted by atomic mass is 9.85. The lowest BCUT2D eigenvalue weighted by Gasteiger charge is -2.36. The summed E-state index contributed by atoms with van der Waals surface area (Å²) in [7, 11) is 0. The van der Waals surface area contributed by atoms with E-state index in [1.165, 1.54) is 6.07 Å². The van der Waals surface area contributed by atoms with Gasteiger partial charge in [-0.2, -0.15) is 0 Å². The molecule has 5 atom stereocenters. The number of carboxylic acid groups (broad SMARTS) is 2. The maximum atomic E-state index is 15.5. The number of halogens is 1. The first-order valence-corrected chi connectivity index (χ1v) is 13.8. The van der Waals surface area contributed by atoms with Gasteiger partial charge in [-0.25, -0.2) is 9.18 Å². The Kier molecular flexibility index (Phi) is 10.4. The highest BCUT2D eigenvalue weighted by molar-refractivity contribution is 5.90. The Balaban J connectivity index is 1.69. The third-order valence-electron chi connectivity index (χ3n) is 7.34. The van der Waals surface area contributed by atoms with E-state index < -0.39 is 60.9 Å². The molecule has 0 spiro atoms. The van der Waals surface area contributed by atoms with Crippen LogP contribution in [0.5, 0.6) is 0 Å². The lowest BCUT2D eigenvalue weighted by Crippen LogP contribution is -2.52. The third-order valence-corrected chi connectivity index (χ3v) is 7.34. The second kappa shape index (κ2) is 14.2. The fourth-order valence-corrected chi connectivity index (χ4v) is 5.22. The number of amides is 1. The van der Waals surface area contributed by atoms with Crippen molar-refractivity contribution in [1.29, 1.82) is 0 Å². The van der Waals surface area contributed by atoms with E-state index in [1.807, 2.05) is 48.5 Å². The van der Waals surface area contributed by atoms with Crippen LogP contribution in [0.2, 0.25) is 0 Å². The molecule has 0 saturated carbocycles. The maximum absolute atomic E-state index is 15.5. The topological polar surface area (TPSA) is 123 Å². The van der Waals surface area contributed by atoms with Gasteiger partial charge < -0.3 is 29.3 Å². The van der Waals surface area contributed by atoms with Gasteiger partial charge in [0.05, 0.1) is 0 Å². The van der Waals surface area contributed by atoms with Crippen LogP contribution in [0.4, 0.5) is 4.39 Å². The summed E-state index contributed by atoms with van der Waals surface area (Å²) in [6.45, 7) is 1.35. The van der Waals surface area contributed by atoms with Gasteiger partial charge in [0.25, 0.3) is 12.4 Å². The summed E-state index contributed by atoms with van der Waals surface area (Å²) in [5.74, 6) is -4.58. The van der Waals surface area contributed by atoms with Crippen molar-refractivity contribution in [2.24, 2.45) is 0 Å². The maximum Gasteiger partial charge on any atom is 0.336 e. The third kappa shape index (κ3) is 7.39. The standard InChI is InChI=1S/C32H34FNO8/c1-3-40-32-41-28(29(42-32)31(38)39)30(37)34(19-27(35)36)20(2)24(16-14-21-10-6-4-7-11-21)23-15-17-25(26(33)18-23)22-12-8-5-9-13-22/h4-13,15,17-18,20,24,28-29,32H,3,14,16,19H2,1-2H3,(H,35,36)(H,38,39)/t20-,24+,28+,29+,32+/m1/s1. The van der Waals surface area contributed by atoms with Crippen LogP contribution in [0.3, 0.4) is 0 Å². The Morgan fingerprint density at radius 2 is 1.60 bits per heavy atom. The summed E-state index contributed by atoms with van der Waals surface area (Å²) >= 11 is 0. The molecule has 1 saturated heterocycles. The first-order valence-electron chi connectivity index (χ1n) is 13.8. The zero-order chi connectivity index (χ0) is 30.2. The first-order chi connectivity index (χ1) is 20.2. The second-order valence-corrected chi connectivity index (χ2v) is 10.0. The highest BCUT2D eigenvalue weighted by Gasteiger charge is 2.48. The largest absolute Gasteiger partial charge is 0.480 e. The summed E-state index contributed by atoms with van der Waals surface area (Å²) in [6, 6.07) is 22.8. The van der Waals surface area contributed by atoms with Crippen LogP contribution in [0, 0.1) is 5.82 Å². The number of hydrogen-bond acceptors (Lipinski definition) is 6. The molecular weight excluding hydrogens is 545 g/mol. The Morgan fingerprint density at radius 3 is 2.19 bits per heavy atom. The van der Waals surface area contributed by atoms with Crippen molar-refractivity contribution in [2.45, 2.75) is 57.3 Å². The number of carboxylic acids is 2. The van der Waals surface area contributed by atoms with E-state index in [0.717, 1.165) is 10.5 Å². The van der Waals surface area contributed by atoms with Gasteiger partial charge >= 0.3 is 11.9 Å². The monoisotopic (exact) mass is 579 g/mol. The normalized spacial score (nSPS) is 19.6. The Hall–Kier alpha value is -4.12. The minimum Gasteiger partial charge on any atom is -0.480 e. The number of carbonyl (C=O) groups is 3. The Labute approximate surface area is 243 Å². The number of hydrogen-bond donors (Lipinski definition) is 2. The van der Waals surface area contributed by atoms with Crippen molar-refractivity contribution in [3.8, 4) is 11.1 Å². The molecule has 1 aliphatic heterocycles. The molecule has 0 unspecified atom stereocenters. The predicted molar refractivity (Wildman–Crippen MR) is 151 cm³/mol. The second-order valence-electron chi connectivity index (χ2n) is 10.0. The van der Waals surface area contributed by atoms with Crippen molar-refractivity contribution in [3.05, 3.63) is 95.8 Å². The van der Waals surface area contributed by atoms with Crippen LogP contribution >= 0.6 is 0 Å².